The number of carbonyl (C=O) groups is 3. The molecule has 0 aliphatic carbocycles. The molecule has 3 rings (SSSR count). The van der Waals surface area contributed by atoms with Crippen LogP contribution in [0.2, 0.25) is 0 Å². The van der Waals surface area contributed by atoms with Crippen LogP contribution in [0.25, 0.3) is 0 Å². The second-order valence-corrected chi connectivity index (χ2v) is 6.56. The molecule has 6 nitrogen and oxygen atoms in total. The number of hydrogen-bond acceptors (Lipinski definition) is 5. The van der Waals surface area contributed by atoms with E-state index in [9.17, 15) is 14.4 Å². The molecule has 0 saturated heterocycles. The summed E-state index contributed by atoms with van der Waals surface area (Å²) >= 11 is 6.14. The fraction of sp³-hybridized carbons (Fsp3) is 0.150. The molecule has 7 heteroatoms. The molecule has 0 unspecified atom stereocenters. The van der Waals surface area contributed by atoms with Crippen molar-refractivity contribution in [2.75, 3.05) is 17.3 Å². The molecule has 2 amide bonds. The van der Waals surface area contributed by atoms with Crippen LogP contribution in [0, 0.1) is 13.8 Å². The highest BCUT2D eigenvalue weighted by molar-refractivity contribution is 6.53. The average Bonchev–Trinajstić information content (AvgIpc) is 2.84. The predicted octanol–water partition coefficient (Wildman–Crippen LogP) is 3.53. The number of benzene rings is 2. The first-order chi connectivity index (χ1) is 12.8. The summed E-state index contributed by atoms with van der Waals surface area (Å²) in [4.78, 5) is 38.0. The number of nitrogens with zero attached hydrogens (tertiary/aromatic N) is 1. The highest BCUT2D eigenvalue weighted by Gasteiger charge is 2.39. The Kier molecular flexibility index (Phi) is 5.01. The summed E-state index contributed by atoms with van der Waals surface area (Å²) < 4.78 is 4.68. The third-order valence-electron chi connectivity index (χ3n) is 4.04. The Hall–Kier alpha value is -3.12. The van der Waals surface area contributed by atoms with Gasteiger partial charge in [0.1, 0.15) is 10.7 Å². The molecular formula is C20H17ClN2O4. The van der Waals surface area contributed by atoms with Crippen molar-refractivity contribution < 1.29 is 19.1 Å². The maximum Gasteiger partial charge on any atom is 0.337 e. The second-order valence-electron chi connectivity index (χ2n) is 6.18. The number of ether oxygens (including phenoxy) is 1. The Morgan fingerprint density at radius 2 is 1.70 bits per heavy atom. The van der Waals surface area contributed by atoms with Gasteiger partial charge in [0.25, 0.3) is 11.8 Å². The molecule has 1 N–H and O–H groups in total. The van der Waals surface area contributed by atoms with Crippen LogP contribution in [0.5, 0.6) is 0 Å². The van der Waals surface area contributed by atoms with Crippen molar-refractivity contribution in [3.8, 4) is 0 Å². The highest BCUT2D eigenvalue weighted by atomic mass is 35.5. The molecule has 138 valence electrons. The van der Waals surface area contributed by atoms with E-state index in [4.69, 9.17) is 11.6 Å². The van der Waals surface area contributed by atoms with Gasteiger partial charge in [0.15, 0.2) is 0 Å². The number of carbonyl (C=O) groups excluding carboxylic acids is 3. The number of methoxy groups -OCH3 is 1. The van der Waals surface area contributed by atoms with Gasteiger partial charge >= 0.3 is 5.97 Å². The topological polar surface area (TPSA) is 75.7 Å². The van der Waals surface area contributed by atoms with Gasteiger partial charge in [-0.15, -0.1) is 0 Å². The summed E-state index contributed by atoms with van der Waals surface area (Å²) in [5.74, 6) is -1.81. The minimum Gasteiger partial charge on any atom is -0.465 e. The van der Waals surface area contributed by atoms with E-state index in [0.29, 0.717) is 5.69 Å². The van der Waals surface area contributed by atoms with E-state index in [1.54, 1.807) is 12.1 Å². The number of amides is 2. The first-order valence-corrected chi connectivity index (χ1v) is 8.52. The Balaban J connectivity index is 1.93. The van der Waals surface area contributed by atoms with E-state index in [1.807, 2.05) is 32.0 Å². The van der Waals surface area contributed by atoms with Crippen molar-refractivity contribution in [1.29, 1.82) is 0 Å². The van der Waals surface area contributed by atoms with E-state index in [-0.39, 0.29) is 22.0 Å². The first-order valence-electron chi connectivity index (χ1n) is 8.14. The van der Waals surface area contributed by atoms with Gasteiger partial charge < -0.3 is 10.1 Å². The fourth-order valence-corrected chi connectivity index (χ4v) is 3.14. The summed E-state index contributed by atoms with van der Waals surface area (Å²) in [5.41, 5.74) is 3.13. The van der Waals surface area contributed by atoms with Gasteiger partial charge in [-0.1, -0.05) is 23.7 Å². The predicted molar refractivity (Wildman–Crippen MR) is 103 cm³/mol. The van der Waals surface area contributed by atoms with Crippen LogP contribution in [0.1, 0.15) is 21.5 Å². The van der Waals surface area contributed by atoms with Crippen LogP contribution in [0.3, 0.4) is 0 Å². The van der Waals surface area contributed by atoms with Gasteiger partial charge in [0, 0.05) is 5.69 Å². The van der Waals surface area contributed by atoms with Crippen molar-refractivity contribution in [2.45, 2.75) is 13.8 Å². The number of halogens is 1. The molecular weight excluding hydrogens is 368 g/mol. The number of esters is 1. The minimum absolute atomic E-state index is 0.00450. The largest absolute Gasteiger partial charge is 0.465 e. The van der Waals surface area contributed by atoms with Gasteiger partial charge in [-0.25, -0.2) is 9.69 Å². The lowest BCUT2D eigenvalue weighted by atomic mass is 10.1. The van der Waals surface area contributed by atoms with Crippen LogP contribution in [-0.4, -0.2) is 24.9 Å². The number of hydrogen-bond donors (Lipinski definition) is 1. The molecule has 0 fully saturated rings. The van der Waals surface area contributed by atoms with E-state index in [1.165, 1.54) is 19.2 Å². The number of aryl methyl sites for hydroxylation is 2. The summed E-state index contributed by atoms with van der Waals surface area (Å²) in [6.45, 7) is 3.86. The highest BCUT2D eigenvalue weighted by Crippen LogP contribution is 2.31. The van der Waals surface area contributed by atoms with Gasteiger partial charge in [0.2, 0.25) is 0 Å². The molecule has 2 aromatic carbocycles. The zero-order valence-corrected chi connectivity index (χ0v) is 15.8. The van der Waals surface area contributed by atoms with Gasteiger partial charge in [-0.3, -0.25) is 9.59 Å². The molecule has 0 radical (unpaired) electrons. The van der Waals surface area contributed by atoms with Crippen molar-refractivity contribution >= 4 is 40.8 Å². The van der Waals surface area contributed by atoms with Crippen molar-refractivity contribution in [3.05, 3.63) is 69.9 Å². The SMILES string of the molecule is COC(=O)c1cccc(N2C(=O)C(Cl)=C(Nc3cc(C)cc(C)c3)C2=O)c1. The molecule has 2 aromatic rings. The standard InChI is InChI=1S/C20H17ClN2O4/c1-11-7-12(2)9-14(8-11)22-17-16(21)18(24)23(19(17)25)15-6-4-5-13(10-15)20(26)27-3/h4-10,22H,1-3H3. The molecule has 1 aliphatic heterocycles. The first kappa shape index (κ1) is 18.7. The molecule has 0 spiro atoms. The Morgan fingerprint density at radius 3 is 2.33 bits per heavy atom. The fourth-order valence-electron chi connectivity index (χ4n) is 2.93. The van der Waals surface area contributed by atoms with Crippen LogP contribution in [0.15, 0.2) is 53.2 Å². The molecule has 0 saturated carbocycles. The number of nitrogens with one attached hydrogen (secondary N) is 1. The van der Waals surface area contributed by atoms with Crippen LogP contribution < -0.4 is 10.2 Å². The quantitative estimate of drug-likeness (QED) is 0.644. The summed E-state index contributed by atoms with van der Waals surface area (Å²) in [6.07, 6.45) is 0. The molecule has 1 aliphatic rings. The van der Waals surface area contributed by atoms with E-state index in [2.05, 4.69) is 10.1 Å². The van der Waals surface area contributed by atoms with Crippen LogP contribution in [-0.2, 0) is 14.3 Å². The summed E-state index contributed by atoms with van der Waals surface area (Å²) in [7, 11) is 1.26. The smallest absolute Gasteiger partial charge is 0.337 e. The molecule has 0 atom stereocenters. The maximum absolute atomic E-state index is 12.8. The molecule has 0 aromatic heterocycles. The molecule has 27 heavy (non-hydrogen) atoms. The van der Waals surface area contributed by atoms with E-state index in [0.717, 1.165) is 16.0 Å². The van der Waals surface area contributed by atoms with Crippen molar-refractivity contribution in [2.24, 2.45) is 0 Å². The third kappa shape index (κ3) is 3.57. The average molecular weight is 385 g/mol. The summed E-state index contributed by atoms with van der Waals surface area (Å²) in [6, 6.07) is 11.7. The van der Waals surface area contributed by atoms with Crippen molar-refractivity contribution in [1.82, 2.24) is 0 Å². The number of imide groups is 1. The van der Waals surface area contributed by atoms with Crippen molar-refractivity contribution in [3.63, 3.8) is 0 Å². The normalized spacial score (nSPS) is 14.0. The van der Waals surface area contributed by atoms with Crippen LogP contribution in [0.4, 0.5) is 11.4 Å². The number of anilines is 2. The van der Waals surface area contributed by atoms with Gasteiger partial charge in [0.05, 0.1) is 18.4 Å². The lowest BCUT2D eigenvalue weighted by molar-refractivity contribution is -0.120. The van der Waals surface area contributed by atoms with Crippen LogP contribution >= 0.6 is 11.6 Å². The number of rotatable bonds is 4. The summed E-state index contributed by atoms with van der Waals surface area (Å²) in [5, 5.41) is 2.74. The molecule has 1 heterocycles. The van der Waals surface area contributed by atoms with Gasteiger partial charge in [-0.05, 0) is 55.3 Å². The third-order valence-corrected chi connectivity index (χ3v) is 4.39. The Labute approximate surface area is 161 Å². The lowest BCUT2D eigenvalue weighted by Crippen LogP contribution is -2.32. The Bertz CT molecular complexity index is 977. The van der Waals surface area contributed by atoms with E-state index < -0.39 is 17.8 Å². The maximum atomic E-state index is 12.8. The Morgan fingerprint density at radius 1 is 1.04 bits per heavy atom. The minimum atomic E-state index is -0.657. The molecule has 0 bridgehead atoms. The zero-order valence-electron chi connectivity index (χ0n) is 15.0. The zero-order chi connectivity index (χ0) is 19.7. The lowest BCUT2D eigenvalue weighted by Gasteiger charge is -2.16. The monoisotopic (exact) mass is 384 g/mol. The second kappa shape index (κ2) is 7.25. The van der Waals surface area contributed by atoms with Gasteiger partial charge in [-0.2, -0.15) is 0 Å². The van der Waals surface area contributed by atoms with E-state index >= 15 is 0 Å².